The van der Waals surface area contributed by atoms with Crippen molar-refractivity contribution >= 4 is 17.7 Å². The van der Waals surface area contributed by atoms with Crippen LogP contribution in [0.4, 0.5) is 4.39 Å². The number of carbonyl (C=O) groups is 3. The van der Waals surface area contributed by atoms with Gasteiger partial charge < -0.3 is 5.32 Å². The molecule has 6 nitrogen and oxygen atoms in total. The lowest BCUT2D eigenvalue weighted by atomic mass is 10.1. The molecule has 0 heterocycles. The molecule has 0 spiro atoms. The van der Waals surface area contributed by atoms with E-state index in [4.69, 9.17) is 0 Å². The molecule has 3 amide bonds. The van der Waals surface area contributed by atoms with Crippen LogP contribution in [0.5, 0.6) is 0 Å². The number of hydrazine groups is 1. The van der Waals surface area contributed by atoms with Crippen molar-refractivity contribution < 1.29 is 18.8 Å². The fourth-order valence-electron chi connectivity index (χ4n) is 2.16. The lowest BCUT2D eigenvalue weighted by Crippen LogP contribution is -2.46. The number of hydrogen-bond acceptors (Lipinski definition) is 3. The number of halogens is 1. The summed E-state index contributed by atoms with van der Waals surface area (Å²) in [5.74, 6) is -1.78. The maximum atomic E-state index is 12.8. The highest BCUT2D eigenvalue weighted by atomic mass is 19.1. The summed E-state index contributed by atoms with van der Waals surface area (Å²) in [4.78, 5) is 35.4. The van der Waals surface area contributed by atoms with Gasteiger partial charge >= 0.3 is 0 Å². The third kappa shape index (κ3) is 5.70. The Kier molecular flexibility index (Phi) is 6.43. The fourth-order valence-corrected chi connectivity index (χ4v) is 2.16. The van der Waals surface area contributed by atoms with E-state index in [2.05, 4.69) is 16.2 Å². The first-order chi connectivity index (χ1) is 12.3. The summed E-state index contributed by atoms with van der Waals surface area (Å²) in [6.45, 7) is 3.57. The number of benzene rings is 2. The molecule has 2 aromatic carbocycles. The van der Waals surface area contributed by atoms with Crippen LogP contribution in [0.2, 0.25) is 0 Å². The summed E-state index contributed by atoms with van der Waals surface area (Å²) in [6.07, 6.45) is -0.00440. The van der Waals surface area contributed by atoms with Gasteiger partial charge in [0.15, 0.2) is 0 Å². The van der Waals surface area contributed by atoms with Crippen molar-refractivity contribution in [2.24, 2.45) is 0 Å². The average Bonchev–Trinajstić information content (AvgIpc) is 2.62. The summed E-state index contributed by atoms with van der Waals surface area (Å²) in [7, 11) is 0. The second kappa shape index (κ2) is 8.75. The molecule has 136 valence electrons. The quantitative estimate of drug-likeness (QED) is 0.710. The van der Waals surface area contributed by atoms with Crippen molar-refractivity contribution in [1.82, 2.24) is 16.2 Å². The Hall–Kier alpha value is -3.22. The van der Waals surface area contributed by atoms with E-state index in [9.17, 15) is 18.8 Å². The van der Waals surface area contributed by atoms with E-state index in [1.165, 1.54) is 24.3 Å². The first-order valence-corrected chi connectivity index (χ1v) is 8.02. The number of carbonyl (C=O) groups excluding carboxylic acids is 3. The third-order valence-electron chi connectivity index (χ3n) is 3.80. The SMILES string of the molecule is Cc1ccc(C(=O)NCC(=O)NNC(=O)Cc2ccc(F)cc2)cc1C. The normalized spacial score (nSPS) is 10.1. The zero-order chi connectivity index (χ0) is 19.1. The number of hydrogen-bond donors (Lipinski definition) is 3. The zero-order valence-electron chi connectivity index (χ0n) is 14.6. The van der Waals surface area contributed by atoms with E-state index in [1.54, 1.807) is 12.1 Å². The van der Waals surface area contributed by atoms with Gasteiger partial charge in [-0.3, -0.25) is 25.2 Å². The summed E-state index contributed by atoms with van der Waals surface area (Å²) in [5.41, 5.74) is 7.58. The maximum Gasteiger partial charge on any atom is 0.257 e. The molecule has 0 saturated heterocycles. The molecule has 3 N–H and O–H groups in total. The molecule has 0 fully saturated rings. The largest absolute Gasteiger partial charge is 0.343 e. The van der Waals surface area contributed by atoms with Gasteiger partial charge in [-0.2, -0.15) is 0 Å². The minimum atomic E-state index is -0.561. The van der Waals surface area contributed by atoms with Crippen LogP contribution in [-0.4, -0.2) is 24.3 Å². The topological polar surface area (TPSA) is 87.3 Å². The van der Waals surface area contributed by atoms with E-state index >= 15 is 0 Å². The number of rotatable bonds is 5. The van der Waals surface area contributed by atoms with Gasteiger partial charge in [-0.1, -0.05) is 18.2 Å². The van der Waals surface area contributed by atoms with E-state index in [1.807, 2.05) is 19.9 Å². The molecule has 0 aliphatic carbocycles. The van der Waals surface area contributed by atoms with Gasteiger partial charge in [-0.15, -0.1) is 0 Å². The molecule has 0 aromatic heterocycles. The highest BCUT2D eigenvalue weighted by Crippen LogP contribution is 2.09. The highest BCUT2D eigenvalue weighted by molar-refractivity contribution is 5.96. The molecule has 0 saturated carbocycles. The first kappa shape index (κ1) is 19.1. The van der Waals surface area contributed by atoms with Crippen LogP contribution in [-0.2, 0) is 16.0 Å². The fraction of sp³-hybridized carbons (Fsp3) is 0.211. The number of nitrogens with one attached hydrogen (secondary N) is 3. The van der Waals surface area contributed by atoms with Gasteiger partial charge in [0.25, 0.3) is 11.8 Å². The molecule has 0 atom stereocenters. The molecule has 0 aliphatic rings. The van der Waals surface area contributed by atoms with Crippen LogP contribution < -0.4 is 16.2 Å². The van der Waals surface area contributed by atoms with Crippen LogP contribution in [0, 0.1) is 19.7 Å². The van der Waals surface area contributed by atoms with Crippen molar-refractivity contribution in [2.45, 2.75) is 20.3 Å². The van der Waals surface area contributed by atoms with E-state index in [0.29, 0.717) is 11.1 Å². The van der Waals surface area contributed by atoms with Crippen molar-refractivity contribution in [2.75, 3.05) is 6.54 Å². The predicted molar refractivity (Wildman–Crippen MR) is 94.6 cm³/mol. The predicted octanol–water partition coefficient (Wildman–Crippen LogP) is 1.56. The summed E-state index contributed by atoms with van der Waals surface area (Å²) in [5, 5.41) is 2.48. The Morgan fingerprint density at radius 1 is 0.885 bits per heavy atom. The lowest BCUT2D eigenvalue weighted by molar-refractivity contribution is -0.128. The van der Waals surface area contributed by atoms with Crippen molar-refractivity contribution in [3.8, 4) is 0 Å². The van der Waals surface area contributed by atoms with E-state index in [-0.39, 0.29) is 24.7 Å². The van der Waals surface area contributed by atoms with Gasteiger partial charge in [-0.25, -0.2) is 4.39 Å². The van der Waals surface area contributed by atoms with Crippen LogP contribution in [0.3, 0.4) is 0 Å². The van der Waals surface area contributed by atoms with Gasteiger partial charge in [0.1, 0.15) is 5.82 Å². The zero-order valence-corrected chi connectivity index (χ0v) is 14.6. The molecular weight excluding hydrogens is 337 g/mol. The maximum absolute atomic E-state index is 12.8. The van der Waals surface area contributed by atoms with Crippen molar-refractivity contribution in [3.05, 3.63) is 70.5 Å². The molecule has 2 aromatic rings. The van der Waals surface area contributed by atoms with E-state index < -0.39 is 11.8 Å². The Morgan fingerprint density at radius 3 is 2.19 bits per heavy atom. The van der Waals surface area contributed by atoms with Crippen LogP contribution in [0.25, 0.3) is 0 Å². The minimum Gasteiger partial charge on any atom is -0.343 e. The van der Waals surface area contributed by atoms with Gasteiger partial charge in [0, 0.05) is 5.56 Å². The molecular formula is C19H20FN3O3. The highest BCUT2D eigenvalue weighted by Gasteiger charge is 2.10. The van der Waals surface area contributed by atoms with Crippen LogP contribution >= 0.6 is 0 Å². The van der Waals surface area contributed by atoms with Crippen molar-refractivity contribution in [3.63, 3.8) is 0 Å². The van der Waals surface area contributed by atoms with Gasteiger partial charge in [0.05, 0.1) is 13.0 Å². The summed E-state index contributed by atoms with van der Waals surface area (Å²) in [6, 6.07) is 10.7. The Labute approximate surface area is 150 Å². The lowest BCUT2D eigenvalue weighted by Gasteiger charge is -2.09. The van der Waals surface area contributed by atoms with Crippen LogP contribution in [0.1, 0.15) is 27.0 Å². The van der Waals surface area contributed by atoms with E-state index in [0.717, 1.165) is 11.1 Å². The van der Waals surface area contributed by atoms with Gasteiger partial charge in [-0.05, 0) is 54.8 Å². The summed E-state index contributed by atoms with van der Waals surface area (Å²) < 4.78 is 12.8. The second-order valence-electron chi connectivity index (χ2n) is 5.88. The monoisotopic (exact) mass is 357 g/mol. The third-order valence-corrected chi connectivity index (χ3v) is 3.80. The first-order valence-electron chi connectivity index (χ1n) is 8.02. The summed E-state index contributed by atoms with van der Waals surface area (Å²) >= 11 is 0. The average molecular weight is 357 g/mol. The molecule has 0 bridgehead atoms. The second-order valence-corrected chi connectivity index (χ2v) is 5.88. The van der Waals surface area contributed by atoms with Crippen LogP contribution in [0.15, 0.2) is 42.5 Å². The van der Waals surface area contributed by atoms with Gasteiger partial charge in [0.2, 0.25) is 5.91 Å². The number of aryl methyl sites for hydroxylation is 2. The Morgan fingerprint density at radius 2 is 1.54 bits per heavy atom. The molecule has 0 aliphatic heterocycles. The standard InChI is InChI=1S/C19H20FN3O3/c1-12-3-6-15(9-13(12)2)19(26)21-11-18(25)23-22-17(24)10-14-4-7-16(20)8-5-14/h3-9H,10-11H2,1-2H3,(H,21,26)(H,22,24)(H,23,25). The molecule has 0 radical (unpaired) electrons. The molecule has 7 heteroatoms. The molecule has 26 heavy (non-hydrogen) atoms. The molecule has 0 unspecified atom stereocenters. The number of amides is 3. The minimum absolute atomic E-state index is 0.00440. The Bertz CT molecular complexity index is 819. The Balaban J connectivity index is 1.74. The smallest absolute Gasteiger partial charge is 0.257 e. The van der Waals surface area contributed by atoms with Crippen molar-refractivity contribution in [1.29, 1.82) is 0 Å². The molecule has 2 rings (SSSR count).